The molecule has 1 aliphatic carbocycles. The van der Waals surface area contributed by atoms with Crippen LogP contribution < -0.4 is 15.0 Å². The monoisotopic (exact) mass is 429 g/mol. The second kappa shape index (κ2) is 8.31. The van der Waals surface area contributed by atoms with E-state index in [2.05, 4.69) is 20.1 Å². The van der Waals surface area contributed by atoms with Crippen molar-refractivity contribution in [2.24, 2.45) is 0 Å². The summed E-state index contributed by atoms with van der Waals surface area (Å²) in [5.74, 6) is 1.67. The Bertz CT molecular complexity index is 1070. The summed E-state index contributed by atoms with van der Waals surface area (Å²) in [6.45, 7) is 2.14. The van der Waals surface area contributed by atoms with E-state index >= 15 is 0 Å². The summed E-state index contributed by atoms with van der Waals surface area (Å²) in [4.78, 5) is 14.7. The largest absolute Gasteiger partial charge is 0.497 e. The molecule has 156 valence electrons. The minimum absolute atomic E-state index is 0.0621. The molecule has 0 atom stereocenters. The molecule has 0 bridgehead atoms. The van der Waals surface area contributed by atoms with Gasteiger partial charge in [0, 0.05) is 17.4 Å². The first kappa shape index (κ1) is 20.2. The van der Waals surface area contributed by atoms with E-state index in [1.807, 2.05) is 6.92 Å². The van der Waals surface area contributed by atoms with Crippen LogP contribution in [-0.4, -0.2) is 27.9 Å². The van der Waals surface area contributed by atoms with E-state index in [-0.39, 0.29) is 11.6 Å². The molecule has 1 fully saturated rings. The van der Waals surface area contributed by atoms with Crippen LogP contribution in [0.15, 0.2) is 42.5 Å². The van der Waals surface area contributed by atoms with Gasteiger partial charge in [0.1, 0.15) is 17.4 Å². The summed E-state index contributed by atoms with van der Waals surface area (Å²) in [7, 11) is 1.58. The zero-order chi connectivity index (χ0) is 21.3. The van der Waals surface area contributed by atoms with Gasteiger partial charge in [-0.1, -0.05) is 11.6 Å². The van der Waals surface area contributed by atoms with Crippen LogP contribution in [0.25, 0.3) is 0 Å². The van der Waals surface area contributed by atoms with Crippen LogP contribution in [0.4, 0.5) is 20.6 Å². The Labute approximate surface area is 178 Å². The van der Waals surface area contributed by atoms with E-state index in [9.17, 15) is 9.18 Å². The van der Waals surface area contributed by atoms with Crippen LogP contribution in [0.1, 0.15) is 30.5 Å². The smallest absolute Gasteiger partial charge is 0.326 e. The van der Waals surface area contributed by atoms with Crippen molar-refractivity contribution in [1.29, 1.82) is 0 Å². The first-order chi connectivity index (χ1) is 14.5. The van der Waals surface area contributed by atoms with Gasteiger partial charge >= 0.3 is 6.03 Å². The molecule has 3 aromatic rings. The van der Waals surface area contributed by atoms with Gasteiger partial charge < -0.3 is 14.6 Å². The van der Waals surface area contributed by atoms with Crippen LogP contribution in [0.5, 0.6) is 5.75 Å². The maximum Gasteiger partial charge on any atom is 0.326 e. The third kappa shape index (κ3) is 4.23. The summed E-state index contributed by atoms with van der Waals surface area (Å²) < 4.78 is 20.8. The first-order valence-corrected chi connectivity index (χ1v) is 9.92. The predicted octanol–water partition coefficient (Wildman–Crippen LogP) is 4.96. The zero-order valence-corrected chi connectivity index (χ0v) is 17.4. The fraction of sp³-hybridized carbons (Fsp3) is 0.286. The molecule has 9 heteroatoms. The predicted molar refractivity (Wildman–Crippen MR) is 113 cm³/mol. The van der Waals surface area contributed by atoms with Gasteiger partial charge in [0.2, 0.25) is 0 Å². The topological polar surface area (TPSA) is 72.3 Å². The maximum absolute atomic E-state index is 13.5. The van der Waals surface area contributed by atoms with Crippen molar-refractivity contribution < 1.29 is 13.9 Å². The van der Waals surface area contributed by atoms with Crippen LogP contribution in [0, 0.1) is 12.7 Å². The number of aromatic nitrogens is 3. The van der Waals surface area contributed by atoms with Gasteiger partial charge in [-0.05, 0) is 62.2 Å². The Morgan fingerprint density at radius 2 is 2.00 bits per heavy atom. The summed E-state index contributed by atoms with van der Waals surface area (Å²) >= 11 is 5.85. The number of hydrogen-bond acceptors (Lipinski definition) is 4. The van der Waals surface area contributed by atoms with Crippen molar-refractivity contribution in [3.63, 3.8) is 0 Å². The van der Waals surface area contributed by atoms with E-state index in [1.165, 1.54) is 18.2 Å². The van der Waals surface area contributed by atoms with E-state index < -0.39 is 11.8 Å². The van der Waals surface area contributed by atoms with Gasteiger partial charge in [-0.25, -0.2) is 9.18 Å². The molecule has 0 radical (unpaired) electrons. The average Bonchev–Trinajstić information content (AvgIpc) is 3.51. The molecule has 30 heavy (non-hydrogen) atoms. The van der Waals surface area contributed by atoms with Gasteiger partial charge in [-0.2, -0.15) is 0 Å². The Morgan fingerprint density at radius 1 is 1.27 bits per heavy atom. The molecule has 0 unspecified atom stereocenters. The summed E-state index contributed by atoms with van der Waals surface area (Å²) in [6.07, 6.45) is 2.16. The second-order valence-corrected chi connectivity index (χ2v) is 7.52. The number of urea groups is 1. The standard InChI is InChI=1S/C21H21ClFN5O2/c1-13-25-26-20(28(13)16-4-5-16)12-27(15-6-8-17(30-2)9-7-15)21(29)24-14-3-10-19(23)18(22)11-14/h3,6-11,16H,4-5,12H2,1-2H3,(H,24,29). The number of ether oxygens (including phenoxy) is 1. The number of anilines is 2. The van der Waals surface area contributed by atoms with Crippen molar-refractivity contribution in [1.82, 2.24) is 14.8 Å². The lowest BCUT2D eigenvalue weighted by atomic mass is 10.2. The minimum atomic E-state index is -0.547. The lowest BCUT2D eigenvalue weighted by Gasteiger charge is -2.23. The Hall–Kier alpha value is -3.13. The molecule has 1 N–H and O–H groups in total. The highest BCUT2D eigenvalue weighted by molar-refractivity contribution is 6.31. The van der Waals surface area contributed by atoms with Gasteiger partial charge in [0.05, 0.1) is 18.7 Å². The molecule has 0 spiro atoms. The van der Waals surface area contributed by atoms with E-state index in [4.69, 9.17) is 16.3 Å². The van der Waals surface area contributed by atoms with Crippen molar-refractivity contribution >= 4 is 29.0 Å². The number of amides is 2. The number of nitrogens with zero attached hydrogens (tertiary/aromatic N) is 4. The van der Waals surface area contributed by atoms with Crippen LogP contribution in [-0.2, 0) is 6.54 Å². The van der Waals surface area contributed by atoms with Gasteiger partial charge in [-0.3, -0.25) is 4.90 Å². The molecule has 4 rings (SSSR count). The van der Waals surface area contributed by atoms with Crippen LogP contribution in [0.3, 0.4) is 0 Å². The lowest BCUT2D eigenvalue weighted by Crippen LogP contribution is -2.35. The number of carbonyl (C=O) groups is 1. The SMILES string of the molecule is COc1ccc(N(Cc2nnc(C)n2C2CC2)C(=O)Nc2ccc(F)c(Cl)c2)cc1. The molecule has 2 amide bonds. The van der Waals surface area contributed by atoms with Crippen LogP contribution in [0.2, 0.25) is 5.02 Å². The quantitative estimate of drug-likeness (QED) is 0.601. The fourth-order valence-corrected chi connectivity index (χ4v) is 3.46. The lowest BCUT2D eigenvalue weighted by molar-refractivity contribution is 0.256. The zero-order valence-electron chi connectivity index (χ0n) is 16.6. The highest BCUT2D eigenvalue weighted by Crippen LogP contribution is 2.37. The average molecular weight is 430 g/mol. The third-order valence-corrected chi connectivity index (χ3v) is 5.24. The number of nitrogens with one attached hydrogen (secondary N) is 1. The Kier molecular flexibility index (Phi) is 5.59. The molecule has 2 aromatic carbocycles. The van der Waals surface area contributed by atoms with Gasteiger partial charge in [0.25, 0.3) is 0 Å². The minimum Gasteiger partial charge on any atom is -0.497 e. The van der Waals surface area contributed by atoms with E-state index in [0.717, 1.165) is 18.7 Å². The van der Waals surface area contributed by atoms with Crippen molar-refractivity contribution in [2.45, 2.75) is 32.4 Å². The molecule has 0 saturated heterocycles. The normalized spacial score (nSPS) is 13.2. The van der Waals surface area contributed by atoms with E-state index in [1.54, 1.807) is 36.3 Å². The molecular formula is C21H21ClFN5O2. The molecule has 1 aromatic heterocycles. The highest BCUT2D eigenvalue weighted by Gasteiger charge is 2.30. The van der Waals surface area contributed by atoms with Crippen molar-refractivity contribution in [3.8, 4) is 5.75 Å². The number of methoxy groups -OCH3 is 1. The highest BCUT2D eigenvalue weighted by atomic mass is 35.5. The number of rotatable bonds is 6. The number of benzene rings is 2. The van der Waals surface area contributed by atoms with E-state index in [0.29, 0.717) is 29.0 Å². The summed E-state index contributed by atoms with van der Waals surface area (Å²) in [5.41, 5.74) is 1.05. The van der Waals surface area contributed by atoms with Crippen LogP contribution >= 0.6 is 11.6 Å². The second-order valence-electron chi connectivity index (χ2n) is 7.11. The Morgan fingerprint density at radius 3 is 2.63 bits per heavy atom. The Balaban J connectivity index is 1.64. The number of halogens is 2. The van der Waals surface area contributed by atoms with Crippen molar-refractivity contribution in [2.75, 3.05) is 17.3 Å². The third-order valence-electron chi connectivity index (χ3n) is 4.95. The molecule has 1 saturated carbocycles. The molecule has 1 aliphatic rings. The fourth-order valence-electron chi connectivity index (χ4n) is 3.28. The van der Waals surface area contributed by atoms with Gasteiger partial charge in [0.15, 0.2) is 5.82 Å². The molecule has 7 nitrogen and oxygen atoms in total. The first-order valence-electron chi connectivity index (χ1n) is 9.54. The molecular weight excluding hydrogens is 409 g/mol. The maximum atomic E-state index is 13.5. The number of carbonyl (C=O) groups excluding carboxylic acids is 1. The number of hydrogen-bond donors (Lipinski definition) is 1. The number of aryl methyl sites for hydroxylation is 1. The molecule has 0 aliphatic heterocycles. The summed E-state index contributed by atoms with van der Waals surface area (Å²) in [6, 6.07) is 11.2. The van der Waals surface area contributed by atoms with Crippen molar-refractivity contribution in [3.05, 3.63) is 65.0 Å². The summed E-state index contributed by atoms with van der Waals surface area (Å²) in [5, 5.41) is 11.2. The van der Waals surface area contributed by atoms with Gasteiger partial charge in [-0.15, -0.1) is 10.2 Å². The molecule has 1 heterocycles.